The fraction of sp³-hybridized carbons (Fsp3) is 0.276. The van der Waals surface area contributed by atoms with E-state index in [2.05, 4.69) is 4.98 Å². The normalized spacial score (nSPS) is 16.2. The third kappa shape index (κ3) is 5.42. The highest BCUT2D eigenvalue weighted by atomic mass is 19.4. The maximum absolute atomic E-state index is 14.1. The first-order valence-corrected chi connectivity index (χ1v) is 12.5. The van der Waals surface area contributed by atoms with Crippen molar-refractivity contribution in [1.82, 2.24) is 14.5 Å². The summed E-state index contributed by atoms with van der Waals surface area (Å²) in [5.74, 6) is -1.72. The van der Waals surface area contributed by atoms with Crippen LogP contribution < -0.4 is 5.56 Å². The zero-order valence-electron chi connectivity index (χ0n) is 21.7. The fourth-order valence-electron chi connectivity index (χ4n) is 5.15. The molecule has 0 unspecified atom stereocenters. The molecule has 0 fully saturated rings. The Labute approximate surface area is 228 Å². The Morgan fingerprint density at radius 2 is 1.49 bits per heavy atom. The van der Waals surface area contributed by atoms with Gasteiger partial charge in [0, 0.05) is 30.9 Å². The van der Waals surface area contributed by atoms with Crippen molar-refractivity contribution in [3.63, 3.8) is 0 Å². The number of fused-ring (bicyclic) bond motifs is 2. The average Bonchev–Trinajstić information content (AvgIpc) is 3.00. The van der Waals surface area contributed by atoms with E-state index in [1.54, 1.807) is 26.0 Å². The van der Waals surface area contributed by atoms with Gasteiger partial charge in [0.2, 0.25) is 0 Å². The summed E-state index contributed by atoms with van der Waals surface area (Å²) < 4.78 is 96.0. The number of aryl methyl sites for hydroxylation is 1. The number of hydrogen-bond acceptors (Lipinski definition) is 3. The Morgan fingerprint density at radius 3 is 2.07 bits per heavy atom. The van der Waals surface area contributed by atoms with Gasteiger partial charge < -0.3 is 9.47 Å². The van der Waals surface area contributed by atoms with Crippen LogP contribution in [0.25, 0.3) is 22.0 Å². The van der Waals surface area contributed by atoms with Gasteiger partial charge in [-0.15, -0.1) is 0 Å². The van der Waals surface area contributed by atoms with E-state index >= 15 is 0 Å². The van der Waals surface area contributed by atoms with E-state index < -0.39 is 53.2 Å². The van der Waals surface area contributed by atoms with Gasteiger partial charge in [-0.2, -0.15) is 26.3 Å². The number of pyridine rings is 2. The third-order valence-corrected chi connectivity index (χ3v) is 6.92. The number of rotatable bonds is 3. The molecule has 5 rings (SSSR count). The van der Waals surface area contributed by atoms with Gasteiger partial charge in [0.1, 0.15) is 11.5 Å². The van der Waals surface area contributed by atoms with Gasteiger partial charge in [-0.1, -0.05) is 19.1 Å². The summed E-state index contributed by atoms with van der Waals surface area (Å²) >= 11 is 0. The van der Waals surface area contributed by atoms with Crippen molar-refractivity contribution >= 4 is 16.8 Å². The van der Waals surface area contributed by atoms with Crippen molar-refractivity contribution in [2.24, 2.45) is 5.92 Å². The summed E-state index contributed by atoms with van der Waals surface area (Å²) in [5.41, 5.74) is -2.73. The van der Waals surface area contributed by atoms with Crippen LogP contribution in [0.1, 0.15) is 39.8 Å². The summed E-state index contributed by atoms with van der Waals surface area (Å²) in [6.07, 6.45) is -10.1. The first-order valence-electron chi connectivity index (χ1n) is 12.5. The van der Waals surface area contributed by atoms with Gasteiger partial charge in [0.15, 0.2) is 0 Å². The molecule has 0 N–H and O–H groups in total. The standard InChI is InChI=1S/C29H22F7N3O2/c1-15-12-38(14-17-9-19(28(31,32)33)11-20(10-17)29(34,35)36)27(41)25-23(18-4-6-21(30)7-5-18)24-22(8-3-16(2)37-24)26(40)39(25)13-15/h3-11,15H,12-14H2,1-2H3/t15-/m0/s1. The van der Waals surface area contributed by atoms with Crippen LogP contribution in [-0.4, -0.2) is 26.9 Å². The number of alkyl halides is 6. The molecule has 1 aliphatic heterocycles. The smallest absolute Gasteiger partial charge is 0.333 e. The summed E-state index contributed by atoms with van der Waals surface area (Å²) in [6.45, 7) is 2.81. The Bertz CT molecular complexity index is 1690. The quantitative estimate of drug-likeness (QED) is 0.251. The molecule has 2 aromatic heterocycles. The largest absolute Gasteiger partial charge is 0.416 e. The van der Waals surface area contributed by atoms with E-state index in [4.69, 9.17) is 0 Å². The van der Waals surface area contributed by atoms with Crippen LogP contribution in [0.4, 0.5) is 30.7 Å². The van der Waals surface area contributed by atoms with Gasteiger partial charge in [-0.3, -0.25) is 14.6 Å². The zero-order chi connectivity index (χ0) is 29.9. The third-order valence-electron chi connectivity index (χ3n) is 6.92. The molecule has 0 saturated heterocycles. The maximum atomic E-state index is 14.1. The molecule has 1 amide bonds. The Hall–Kier alpha value is -4.22. The van der Waals surface area contributed by atoms with Gasteiger partial charge in [-0.05, 0) is 66.4 Å². The summed E-state index contributed by atoms with van der Waals surface area (Å²) in [5, 5.41) is 0.208. The molecule has 0 saturated carbocycles. The Morgan fingerprint density at radius 1 is 0.878 bits per heavy atom. The van der Waals surface area contributed by atoms with Gasteiger partial charge in [0.05, 0.1) is 22.0 Å². The van der Waals surface area contributed by atoms with Crippen molar-refractivity contribution < 1.29 is 35.5 Å². The van der Waals surface area contributed by atoms with Gasteiger partial charge >= 0.3 is 12.4 Å². The predicted molar refractivity (Wildman–Crippen MR) is 136 cm³/mol. The minimum atomic E-state index is -5.05. The molecule has 0 spiro atoms. The van der Waals surface area contributed by atoms with Crippen molar-refractivity contribution in [3.05, 3.63) is 98.8 Å². The first kappa shape index (κ1) is 28.3. The van der Waals surface area contributed by atoms with Crippen molar-refractivity contribution in [2.45, 2.75) is 39.3 Å². The summed E-state index contributed by atoms with van der Waals surface area (Å²) in [6, 6.07) is 9.54. The summed E-state index contributed by atoms with van der Waals surface area (Å²) in [7, 11) is 0. The predicted octanol–water partition coefficient (Wildman–Crippen LogP) is 6.84. The van der Waals surface area contributed by atoms with E-state index in [-0.39, 0.29) is 46.9 Å². The number of aromatic nitrogens is 2. The molecule has 5 nitrogen and oxygen atoms in total. The minimum absolute atomic E-state index is 0.0258. The van der Waals surface area contributed by atoms with Crippen LogP contribution in [0, 0.1) is 18.7 Å². The molecule has 41 heavy (non-hydrogen) atoms. The molecule has 2 aromatic carbocycles. The molecule has 3 heterocycles. The lowest BCUT2D eigenvalue weighted by atomic mass is 9.98. The SMILES string of the molecule is Cc1ccc2c(=O)n3c(c(-c4ccc(F)cc4)c2n1)C(=O)N(Cc1cc(C(F)(F)F)cc(C(F)(F)F)c1)C[C@H](C)C3. The van der Waals surface area contributed by atoms with Crippen molar-refractivity contribution in [3.8, 4) is 11.1 Å². The number of hydrogen-bond donors (Lipinski definition) is 0. The number of amides is 1. The van der Waals surface area contributed by atoms with E-state index in [1.165, 1.54) is 28.8 Å². The first-order chi connectivity index (χ1) is 19.1. The molecule has 1 atom stereocenters. The number of nitrogens with zero attached hydrogens (tertiary/aromatic N) is 3. The molecule has 4 aromatic rings. The molecular weight excluding hydrogens is 555 g/mol. The van der Waals surface area contributed by atoms with Crippen LogP contribution in [-0.2, 0) is 25.4 Å². The molecule has 214 valence electrons. The Balaban J connectivity index is 1.72. The van der Waals surface area contributed by atoms with Crippen molar-refractivity contribution in [1.29, 1.82) is 0 Å². The second-order valence-electron chi connectivity index (χ2n) is 10.2. The second kappa shape index (κ2) is 10.0. The number of carbonyl (C=O) groups is 1. The molecule has 0 radical (unpaired) electrons. The highest BCUT2D eigenvalue weighted by Gasteiger charge is 2.38. The van der Waals surface area contributed by atoms with E-state index in [9.17, 15) is 40.3 Å². The van der Waals surface area contributed by atoms with Crippen LogP contribution in [0.5, 0.6) is 0 Å². The average molecular weight is 578 g/mol. The molecule has 1 aliphatic rings. The lowest BCUT2D eigenvalue weighted by Gasteiger charge is -2.25. The summed E-state index contributed by atoms with van der Waals surface area (Å²) in [4.78, 5) is 33.3. The van der Waals surface area contributed by atoms with Crippen LogP contribution >= 0.6 is 0 Å². The fourth-order valence-corrected chi connectivity index (χ4v) is 5.15. The van der Waals surface area contributed by atoms with E-state index in [0.717, 1.165) is 4.90 Å². The second-order valence-corrected chi connectivity index (χ2v) is 10.2. The molecule has 0 aliphatic carbocycles. The molecule has 12 heteroatoms. The maximum Gasteiger partial charge on any atom is 0.416 e. The molecule has 0 bridgehead atoms. The topological polar surface area (TPSA) is 55.2 Å². The van der Waals surface area contributed by atoms with Crippen LogP contribution in [0.15, 0.2) is 59.4 Å². The van der Waals surface area contributed by atoms with Gasteiger partial charge in [0.25, 0.3) is 11.5 Å². The van der Waals surface area contributed by atoms with Crippen LogP contribution in [0.3, 0.4) is 0 Å². The minimum Gasteiger partial charge on any atom is -0.333 e. The van der Waals surface area contributed by atoms with Crippen LogP contribution in [0.2, 0.25) is 0 Å². The lowest BCUT2D eigenvalue weighted by Crippen LogP contribution is -2.34. The highest BCUT2D eigenvalue weighted by Crippen LogP contribution is 2.37. The number of benzene rings is 2. The number of halogens is 7. The van der Waals surface area contributed by atoms with Gasteiger partial charge in [-0.25, -0.2) is 4.39 Å². The highest BCUT2D eigenvalue weighted by molar-refractivity contribution is 6.07. The van der Waals surface area contributed by atoms with Crippen molar-refractivity contribution in [2.75, 3.05) is 6.54 Å². The monoisotopic (exact) mass is 577 g/mol. The Kier molecular flexibility index (Phi) is 6.91. The van der Waals surface area contributed by atoms with E-state index in [1.807, 2.05) is 0 Å². The number of carbonyl (C=O) groups excluding carboxylic acids is 1. The molecular formula is C29H22F7N3O2. The zero-order valence-corrected chi connectivity index (χ0v) is 21.7. The lowest BCUT2D eigenvalue weighted by molar-refractivity contribution is -0.143. The van der Waals surface area contributed by atoms with E-state index in [0.29, 0.717) is 23.4 Å².